The van der Waals surface area contributed by atoms with E-state index in [1.54, 1.807) is 10.9 Å². The van der Waals surface area contributed by atoms with Crippen molar-refractivity contribution in [3.63, 3.8) is 0 Å². The SMILES string of the molecule is CCCCn1ncc(NC2CCCC(C)(C)C2)c(Br)c1=O. The van der Waals surface area contributed by atoms with E-state index >= 15 is 0 Å². The number of halogens is 1. The Labute approximate surface area is 135 Å². The summed E-state index contributed by atoms with van der Waals surface area (Å²) in [5.74, 6) is 0. The average molecular weight is 356 g/mol. The molecule has 1 N–H and O–H groups in total. The zero-order valence-electron chi connectivity index (χ0n) is 13.3. The number of anilines is 1. The largest absolute Gasteiger partial charge is 0.380 e. The van der Waals surface area contributed by atoms with Crippen LogP contribution in [0.4, 0.5) is 5.69 Å². The van der Waals surface area contributed by atoms with Crippen molar-refractivity contribution in [1.29, 1.82) is 0 Å². The van der Waals surface area contributed by atoms with Gasteiger partial charge in [-0.2, -0.15) is 5.10 Å². The predicted molar refractivity (Wildman–Crippen MR) is 90.8 cm³/mol. The molecule has 0 aromatic carbocycles. The number of aromatic nitrogens is 2. The van der Waals surface area contributed by atoms with E-state index in [1.165, 1.54) is 12.8 Å². The number of hydrogen-bond donors (Lipinski definition) is 1. The standard InChI is InChI=1S/C16H26BrN3O/c1-4-5-9-20-15(21)14(17)13(11-18-20)19-12-7-6-8-16(2,3)10-12/h11-12,19H,4-10H2,1-3H3. The van der Waals surface area contributed by atoms with Crippen LogP contribution in [0.3, 0.4) is 0 Å². The smallest absolute Gasteiger partial charge is 0.283 e. The fraction of sp³-hybridized carbons (Fsp3) is 0.750. The van der Waals surface area contributed by atoms with Gasteiger partial charge in [0.1, 0.15) is 4.47 Å². The molecule has 0 amide bonds. The first-order valence-electron chi connectivity index (χ1n) is 7.95. The van der Waals surface area contributed by atoms with Gasteiger partial charge in [-0.15, -0.1) is 0 Å². The highest BCUT2D eigenvalue weighted by molar-refractivity contribution is 9.10. The number of nitrogens with zero attached hydrogens (tertiary/aromatic N) is 2. The van der Waals surface area contributed by atoms with Gasteiger partial charge >= 0.3 is 0 Å². The summed E-state index contributed by atoms with van der Waals surface area (Å²) in [6.45, 7) is 7.43. The Morgan fingerprint density at radius 1 is 1.52 bits per heavy atom. The summed E-state index contributed by atoms with van der Waals surface area (Å²) in [5.41, 5.74) is 1.17. The molecule has 1 heterocycles. The topological polar surface area (TPSA) is 46.9 Å². The summed E-state index contributed by atoms with van der Waals surface area (Å²) in [6, 6.07) is 0.428. The van der Waals surface area contributed by atoms with E-state index in [0.717, 1.165) is 31.4 Å². The molecule has 1 aromatic heterocycles. The number of hydrogen-bond acceptors (Lipinski definition) is 3. The van der Waals surface area contributed by atoms with Gasteiger partial charge in [-0.25, -0.2) is 4.68 Å². The molecular formula is C16H26BrN3O. The summed E-state index contributed by atoms with van der Waals surface area (Å²) in [7, 11) is 0. The van der Waals surface area contributed by atoms with Crippen molar-refractivity contribution in [3.8, 4) is 0 Å². The molecule has 5 heteroatoms. The van der Waals surface area contributed by atoms with Crippen molar-refractivity contribution in [2.24, 2.45) is 5.41 Å². The molecule has 2 rings (SSSR count). The minimum Gasteiger partial charge on any atom is -0.380 e. The summed E-state index contributed by atoms with van der Waals surface area (Å²) < 4.78 is 2.15. The second kappa shape index (κ2) is 6.95. The highest BCUT2D eigenvalue weighted by Gasteiger charge is 2.28. The number of rotatable bonds is 5. The van der Waals surface area contributed by atoms with Gasteiger partial charge in [-0.1, -0.05) is 33.6 Å². The molecule has 118 valence electrons. The van der Waals surface area contributed by atoms with Gasteiger partial charge < -0.3 is 5.32 Å². The second-order valence-electron chi connectivity index (χ2n) is 6.86. The summed E-state index contributed by atoms with van der Waals surface area (Å²) in [5, 5.41) is 7.80. The fourth-order valence-corrected chi connectivity index (χ4v) is 3.50. The quantitative estimate of drug-likeness (QED) is 0.861. The van der Waals surface area contributed by atoms with Gasteiger partial charge in [-0.05, 0) is 47.0 Å². The Bertz CT molecular complexity index is 539. The molecule has 1 aliphatic carbocycles. The lowest BCUT2D eigenvalue weighted by atomic mass is 9.75. The van der Waals surface area contributed by atoms with Crippen molar-refractivity contribution in [2.75, 3.05) is 5.32 Å². The fourth-order valence-electron chi connectivity index (χ4n) is 3.07. The molecule has 0 spiro atoms. The molecule has 0 saturated heterocycles. The molecule has 4 nitrogen and oxygen atoms in total. The van der Waals surface area contributed by atoms with Crippen molar-refractivity contribution < 1.29 is 0 Å². The normalized spacial score (nSPS) is 21.2. The van der Waals surface area contributed by atoms with E-state index in [4.69, 9.17) is 0 Å². The van der Waals surface area contributed by atoms with Crippen LogP contribution in [0.1, 0.15) is 59.3 Å². The van der Waals surface area contributed by atoms with E-state index in [2.05, 4.69) is 47.1 Å². The van der Waals surface area contributed by atoms with E-state index in [0.29, 0.717) is 22.5 Å². The van der Waals surface area contributed by atoms with Gasteiger partial charge in [0.2, 0.25) is 0 Å². The number of nitrogens with one attached hydrogen (secondary N) is 1. The lowest BCUT2D eigenvalue weighted by Gasteiger charge is -2.36. The maximum absolute atomic E-state index is 12.3. The van der Waals surface area contributed by atoms with Gasteiger partial charge in [0.05, 0.1) is 11.9 Å². The van der Waals surface area contributed by atoms with Gasteiger partial charge in [-0.3, -0.25) is 4.79 Å². The first-order valence-corrected chi connectivity index (χ1v) is 8.74. The molecule has 0 aliphatic heterocycles. The minimum atomic E-state index is -0.0384. The Hall–Kier alpha value is -0.840. The van der Waals surface area contributed by atoms with Crippen LogP contribution in [0, 0.1) is 5.41 Å². The van der Waals surface area contributed by atoms with Crippen LogP contribution in [-0.2, 0) is 6.54 Å². The molecule has 0 radical (unpaired) electrons. The van der Waals surface area contributed by atoms with Crippen LogP contribution >= 0.6 is 15.9 Å². The van der Waals surface area contributed by atoms with Crippen LogP contribution in [-0.4, -0.2) is 15.8 Å². The van der Waals surface area contributed by atoms with E-state index < -0.39 is 0 Å². The Morgan fingerprint density at radius 3 is 2.95 bits per heavy atom. The maximum Gasteiger partial charge on any atom is 0.283 e. The number of aryl methyl sites for hydroxylation is 1. The van der Waals surface area contributed by atoms with Crippen LogP contribution in [0.5, 0.6) is 0 Å². The monoisotopic (exact) mass is 355 g/mol. The highest BCUT2D eigenvalue weighted by Crippen LogP contribution is 2.36. The molecule has 1 atom stereocenters. The molecule has 21 heavy (non-hydrogen) atoms. The van der Waals surface area contributed by atoms with Gasteiger partial charge in [0.15, 0.2) is 0 Å². The Kier molecular flexibility index (Phi) is 5.47. The summed E-state index contributed by atoms with van der Waals surface area (Å²) in [4.78, 5) is 12.3. The predicted octanol–water partition coefficient (Wildman–Crippen LogP) is 4.19. The van der Waals surface area contributed by atoms with Crippen molar-refractivity contribution in [3.05, 3.63) is 21.0 Å². The third-order valence-electron chi connectivity index (χ3n) is 4.27. The minimum absolute atomic E-state index is 0.0384. The third kappa shape index (κ3) is 4.31. The molecule has 1 aromatic rings. The van der Waals surface area contributed by atoms with Crippen LogP contribution < -0.4 is 10.9 Å². The molecule has 1 fully saturated rings. The Morgan fingerprint density at radius 2 is 2.29 bits per heavy atom. The maximum atomic E-state index is 12.3. The summed E-state index contributed by atoms with van der Waals surface area (Å²) >= 11 is 3.44. The lowest BCUT2D eigenvalue weighted by molar-refractivity contribution is 0.229. The molecule has 1 saturated carbocycles. The van der Waals surface area contributed by atoms with Crippen LogP contribution in [0.2, 0.25) is 0 Å². The molecule has 1 unspecified atom stereocenters. The van der Waals surface area contributed by atoms with Gasteiger partial charge in [0.25, 0.3) is 5.56 Å². The average Bonchev–Trinajstić information content (AvgIpc) is 2.42. The molecule has 1 aliphatic rings. The zero-order chi connectivity index (χ0) is 15.5. The van der Waals surface area contributed by atoms with E-state index in [1.807, 2.05) is 0 Å². The number of unbranched alkanes of at least 4 members (excludes halogenated alkanes) is 1. The van der Waals surface area contributed by atoms with Crippen molar-refractivity contribution >= 4 is 21.6 Å². The van der Waals surface area contributed by atoms with Crippen molar-refractivity contribution in [2.45, 2.75) is 71.9 Å². The van der Waals surface area contributed by atoms with E-state index in [-0.39, 0.29) is 5.56 Å². The Balaban J connectivity index is 2.10. The lowest BCUT2D eigenvalue weighted by Crippen LogP contribution is -2.33. The first kappa shape index (κ1) is 16.5. The first-order chi connectivity index (χ1) is 9.93. The second-order valence-corrected chi connectivity index (χ2v) is 7.65. The van der Waals surface area contributed by atoms with E-state index in [9.17, 15) is 4.79 Å². The highest BCUT2D eigenvalue weighted by atomic mass is 79.9. The third-order valence-corrected chi connectivity index (χ3v) is 5.04. The summed E-state index contributed by atoms with van der Waals surface area (Å²) in [6.07, 6.45) is 8.63. The van der Waals surface area contributed by atoms with Gasteiger partial charge in [0, 0.05) is 12.6 Å². The van der Waals surface area contributed by atoms with Crippen molar-refractivity contribution in [1.82, 2.24) is 9.78 Å². The van der Waals surface area contributed by atoms with Crippen LogP contribution in [0.15, 0.2) is 15.5 Å². The van der Waals surface area contributed by atoms with Crippen LogP contribution in [0.25, 0.3) is 0 Å². The molecular weight excluding hydrogens is 330 g/mol. The molecule has 0 bridgehead atoms. The zero-order valence-corrected chi connectivity index (χ0v) is 14.9.